The molecule has 0 fully saturated rings. The predicted molar refractivity (Wildman–Crippen MR) is 113 cm³/mol. The molecule has 1 aliphatic heterocycles. The van der Waals surface area contributed by atoms with Crippen LogP contribution in [0, 0.1) is 13.8 Å². The molecule has 2 aromatic carbocycles. The minimum absolute atomic E-state index is 0.0659. The van der Waals surface area contributed by atoms with Gasteiger partial charge in [-0.1, -0.05) is 24.3 Å². The van der Waals surface area contributed by atoms with E-state index in [9.17, 15) is 0 Å². The van der Waals surface area contributed by atoms with Crippen LogP contribution in [0.1, 0.15) is 40.5 Å². The minimum atomic E-state index is 0.0659. The molecular weight excluding hydrogens is 362 g/mol. The first kappa shape index (κ1) is 18.0. The molecule has 0 amide bonds. The van der Waals surface area contributed by atoms with Gasteiger partial charge in [-0.25, -0.2) is 4.98 Å². The van der Waals surface area contributed by atoms with Gasteiger partial charge in [0.15, 0.2) is 0 Å². The van der Waals surface area contributed by atoms with E-state index in [0.717, 1.165) is 43.1 Å². The number of pyridine rings is 1. The Morgan fingerprint density at radius 1 is 1.07 bits per heavy atom. The number of methoxy groups -OCH3 is 1. The highest BCUT2D eigenvalue weighted by molar-refractivity contribution is 5.75. The van der Waals surface area contributed by atoms with Gasteiger partial charge >= 0.3 is 0 Å². The first-order valence-corrected chi connectivity index (χ1v) is 10.2. The summed E-state index contributed by atoms with van der Waals surface area (Å²) in [6, 6.07) is 14.8. The summed E-state index contributed by atoms with van der Waals surface area (Å²) >= 11 is 0. The molecule has 0 saturated heterocycles. The number of fused-ring (bicyclic) bond motifs is 2. The number of ether oxygens (including phenoxy) is 3. The average Bonchev–Trinajstić information content (AvgIpc) is 3.34. The second-order valence-corrected chi connectivity index (χ2v) is 7.83. The van der Waals surface area contributed by atoms with E-state index in [-0.39, 0.29) is 6.10 Å². The van der Waals surface area contributed by atoms with E-state index < -0.39 is 0 Å². The van der Waals surface area contributed by atoms with Crippen LogP contribution in [0.15, 0.2) is 42.5 Å². The summed E-state index contributed by atoms with van der Waals surface area (Å²) in [6.07, 6.45) is 3.03. The SMILES string of the molecule is COc1cc(C)c(-c2cccc3c2CCC3Oc2ccc3c(c2)OCC3)c(C)n1. The molecule has 5 rings (SSSR count). The second-order valence-electron chi connectivity index (χ2n) is 7.83. The molecule has 0 saturated carbocycles. The molecule has 1 unspecified atom stereocenters. The van der Waals surface area contributed by atoms with Crippen LogP contribution >= 0.6 is 0 Å². The van der Waals surface area contributed by atoms with Crippen molar-refractivity contribution in [2.24, 2.45) is 0 Å². The van der Waals surface area contributed by atoms with Gasteiger partial charge in [0.1, 0.15) is 17.6 Å². The van der Waals surface area contributed by atoms with Crippen LogP contribution in [-0.4, -0.2) is 18.7 Å². The van der Waals surface area contributed by atoms with E-state index in [4.69, 9.17) is 14.2 Å². The molecule has 1 atom stereocenters. The molecule has 148 valence electrons. The highest BCUT2D eigenvalue weighted by Gasteiger charge is 2.28. The monoisotopic (exact) mass is 387 g/mol. The molecular formula is C25H25NO3. The van der Waals surface area contributed by atoms with Crippen LogP contribution in [-0.2, 0) is 12.8 Å². The van der Waals surface area contributed by atoms with Crippen molar-refractivity contribution in [1.29, 1.82) is 0 Å². The van der Waals surface area contributed by atoms with Crippen molar-refractivity contribution >= 4 is 0 Å². The summed E-state index contributed by atoms with van der Waals surface area (Å²) in [5.41, 5.74) is 8.56. The maximum atomic E-state index is 6.40. The van der Waals surface area contributed by atoms with Gasteiger partial charge in [-0.15, -0.1) is 0 Å². The molecule has 4 nitrogen and oxygen atoms in total. The summed E-state index contributed by atoms with van der Waals surface area (Å²) in [5, 5.41) is 0. The normalized spacial score (nSPS) is 16.9. The molecule has 1 aromatic heterocycles. The summed E-state index contributed by atoms with van der Waals surface area (Å²) in [6.45, 7) is 4.94. The number of nitrogens with zero attached hydrogens (tertiary/aromatic N) is 1. The fourth-order valence-electron chi connectivity index (χ4n) is 4.67. The van der Waals surface area contributed by atoms with Gasteiger partial charge in [-0.2, -0.15) is 0 Å². The largest absolute Gasteiger partial charge is 0.493 e. The third-order valence-electron chi connectivity index (χ3n) is 6.01. The third-order valence-corrected chi connectivity index (χ3v) is 6.01. The smallest absolute Gasteiger partial charge is 0.213 e. The van der Waals surface area contributed by atoms with Crippen molar-refractivity contribution in [3.63, 3.8) is 0 Å². The summed E-state index contributed by atoms with van der Waals surface area (Å²) < 4.78 is 17.4. The number of benzene rings is 2. The number of rotatable bonds is 4. The number of aromatic nitrogens is 1. The Hall–Kier alpha value is -3.01. The Bertz CT molecular complexity index is 1070. The lowest BCUT2D eigenvalue weighted by molar-refractivity contribution is 0.207. The minimum Gasteiger partial charge on any atom is -0.493 e. The fraction of sp³-hybridized carbons (Fsp3) is 0.320. The van der Waals surface area contributed by atoms with E-state index in [1.807, 2.05) is 12.1 Å². The summed E-state index contributed by atoms with van der Waals surface area (Å²) in [7, 11) is 1.66. The van der Waals surface area contributed by atoms with Gasteiger partial charge < -0.3 is 14.2 Å². The van der Waals surface area contributed by atoms with Gasteiger partial charge in [0.25, 0.3) is 0 Å². The molecule has 29 heavy (non-hydrogen) atoms. The average molecular weight is 387 g/mol. The molecule has 0 N–H and O–H groups in total. The van der Waals surface area contributed by atoms with Crippen LogP contribution in [0.2, 0.25) is 0 Å². The summed E-state index contributed by atoms with van der Waals surface area (Å²) in [4.78, 5) is 4.61. The zero-order valence-corrected chi connectivity index (χ0v) is 17.1. The van der Waals surface area contributed by atoms with Crippen molar-refractivity contribution in [2.45, 2.75) is 39.2 Å². The standard InChI is InChI=1S/C25H25NO3/c1-15-13-24(27-3)26-16(2)25(15)21-6-4-5-20-19(21)9-10-22(20)29-18-8-7-17-11-12-28-23(17)14-18/h4-8,13-14,22H,9-12H2,1-3H3. The van der Waals surface area contributed by atoms with Crippen molar-refractivity contribution in [3.8, 4) is 28.5 Å². The van der Waals surface area contributed by atoms with Gasteiger partial charge in [-0.05, 0) is 60.6 Å². The molecule has 0 radical (unpaired) electrons. The Kier molecular flexibility index (Phi) is 4.42. The second kappa shape index (κ2) is 7.11. The fourth-order valence-corrected chi connectivity index (χ4v) is 4.67. The van der Waals surface area contributed by atoms with Crippen molar-refractivity contribution in [1.82, 2.24) is 4.98 Å². The lowest BCUT2D eigenvalue weighted by atomic mass is 9.93. The van der Waals surface area contributed by atoms with E-state index in [1.54, 1.807) is 7.11 Å². The Balaban J connectivity index is 1.49. The van der Waals surface area contributed by atoms with E-state index in [2.05, 4.69) is 49.2 Å². The maximum absolute atomic E-state index is 6.40. The third kappa shape index (κ3) is 3.13. The first-order valence-electron chi connectivity index (χ1n) is 10.2. The Morgan fingerprint density at radius 2 is 1.97 bits per heavy atom. The first-order chi connectivity index (χ1) is 14.1. The van der Waals surface area contributed by atoms with Gasteiger partial charge in [-0.3, -0.25) is 0 Å². The Morgan fingerprint density at radius 3 is 2.79 bits per heavy atom. The number of aryl methyl sites for hydroxylation is 2. The van der Waals surface area contributed by atoms with Crippen LogP contribution in [0.3, 0.4) is 0 Å². The quantitative estimate of drug-likeness (QED) is 0.603. The zero-order chi connectivity index (χ0) is 20.0. The van der Waals surface area contributed by atoms with Crippen LogP contribution < -0.4 is 14.2 Å². The predicted octanol–water partition coefficient (Wildman–Crippen LogP) is 5.38. The van der Waals surface area contributed by atoms with Crippen LogP contribution in [0.4, 0.5) is 0 Å². The van der Waals surface area contributed by atoms with Crippen LogP contribution in [0.5, 0.6) is 17.4 Å². The highest BCUT2D eigenvalue weighted by atomic mass is 16.5. The molecule has 0 spiro atoms. The highest BCUT2D eigenvalue weighted by Crippen LogP contribution is 2.42. The van der Waals surface area contributed by atoms with E-state index in [0.29, 0.717) is 5.88 Å². The van der Waals surface area contributed by atoms with E-state index in [1.165, 1.54) is 33.4 Å². The molecule has 0 bridgehead atoms. The number of hydrogen-bond donors (Lipinski definition) is 0. The summed E-state index contributed by atoms with van der Waals surface area (Å²) in [5.74, 6) is 2.51. The molecule has 2 heterocycles. The van der Waals surface area contributed by atoms with Crippen LogP contribution in [0.25, 0.3) is 11.1 Å². The molecule has 3 aromatic rings. The van der Waals surface area contributed by atoms with Gasteiger partial charge in [0.05, 0.1) is 13.7 Å². The molecule has 4 heteroatoms. The van der Waals surface area contributed by atoms with Gasteiger partial charge in [0.2, 0.25) is 5.88 Å². The molecule has 2 aliphatic rings. The van der Waals surface area contributed by atoms with Crippen molar-refractivity contribution < 1.29 is 14.2 Å². The van der Waals surface area contributed by atoms with E-state index >= 15 is 0 Å². The number of hydrogen-bond acceptors (Lipinski definition) is 4. The van der Waals surface area contributed by atoms with Crippen molar-refractivity contribution in [3.05, 3.63) is 70.4 Å². The molecule has 1 aliphatic carbocycles. The zero-order valence-electron chi connectivity index (χ0n) is 17.1. The maximum Gasteiger partial charge on any atom is 0.213 e. The Labute approximate surface area is 171 Å². The topological polar surface area (TPSA) is 40.6 Å². The van der Waals surface area contributed by atoms with Gasteiger partial charge in [0, 0.05) is 29.8 Å². The van der Waals surface area contributed by atoms with Crippen molar-refractivity contribution in [2.75, 3.05) is 13.7 Å². The lowest BCUT2D eigenvalue weighted by Gasteiger charge is -2.18. The lowest BCUT2D eigenvalue weighted by Crippen LogP contribution is -2.04.